The van der Waals surface area contributed by atoms with Crippen LogP contribution in [0.5, 0.6) is 5.75 Å². The molecule has 3 rings (SSSR count). The first-order valence-electron chi connectivity index (χ1n) is 7.98. The normalized spacial score (nSPS) is 20.3. The number of anilines is 1. The quantitative estimate of drug-likeness (QED) is 0.835. The van der Waals surface area contributed by atoms with Gasteiger partial charge in [0.25, 0.3) is 5.91 Å². The van der Waals surface area contributed by atoms with Crippen LogP contribution in [-0.2, 0) is 14.3 Å². The monoisotopic (exact) mass is 385 g/mol. The van der Waals surface area contributed by atoms with Gasteiger partial charge < -0.3 is 19.7 Å². The van der Waals surface area contributed by atoms with Crippen molar-refractivity contribution >= 4 is 34.4 Å². The third-order valence-corrected chi connectivity index (χ3v) is 4.97. The Morgan fingerprint density at radius 3 is 2.85 bits per heavy atom. The van der Waals surface area contributed by atoms with Gasteiger partial charge in [-0.25, -0.2) is 0 Å². The molecule has 1 atom stereocenters. The molecule has 1 aromatic rings. The Hall–Kier alpha value is -2.20. The number of amidine groups is 1. The van der Waals surface area contributed by atoms with Crippen LogP contribution in [0.2, 0.25) is 0 Å². The summed E-state index contributed by atoms with van der Waals surface area (Å²) in [7, 11) is 0. The third kappa shape index (κ3) is 4.70. The highest BCUT2D eigenvalue weighted by atomic mass is 32.2. The number of morpholine rings is 1. The summed E-state index contributed by atoms with van der Waals surface area (Å²) in [5.74, 6) is -0.977. The molecule has 7 nitrogen and oxygen atoms in total. The second kappa shape index (κ2) is 8.45. The van der Waals surface area contributed by atoms with Crippen molar-refractivity contribution in [3.8, 4) is 5.75 Å². The number of ether oxygens (including phenoxy) is 2. The maximum atomic E-state index is 12.4. The summed E-state index contributed by atoms with van der Waals surface area (Å²) < 4.78 is 34.5. The largest absolute Gasteiger partial charge is 0.433 e. The van der Waals surface area contributed by atoms with Gasteiger partial charge in [0.2, 0.25) is 5.91 Å². The van der Waals surface area contributed by atoms with Crippen LogP contribution in [0.4, 0.5) is 14.5 Å². The number of rotatable bonds is 5. The van der Waals surface area contributed by atoms with E-state index in [-0.39, 0.29) is 23.8 Å². The third-order valence-electron chi connectivity index (χ3n) is 3.76. The molecule has 0 aliphatic carbocycles. The van der Waals surface area contributed by atoms with Gasteiger partial charge in [0.15, 0.2) is 5.17 Å². The Bertz CT molecular complexity index is 710. The van der Waals surface area contributed by atoms with Crippen LogP contribution in [0, 0.1) is 0 Å². The maximum Gasteiger partial charge on any atom is 0.387 e. The van der Waals surface area contributed by atoms with E-state index in [0.29, 0.717) is 31.5 Å². The minimum absolute atomic E-state index is 0.107. The summed E-state index contributed by atoms with van der Waals surface area (Å²) in [4.78, 5) is 30.3. The SMILES string of the molecule is O=C(C[C@H]1SC(N2CCOCC2)=NC1=O)Nc1ccccc1OC(F)F. The fraction of sp³-hybridized carbons (Fsp3) is 0.438. The Morgan fingerprint density at radius 2 is 2.12 bits per heavy atom. The number of hydrogen-bond acceptors (Lipinski definition) is 6. The average Bonchev–Trinajstić information content (AvgIpc) is 2.97. The number of para-hydroxylation sites is 2. The minimum Gasteiger partial charge on any atom is -0.433 e. The molecule has 1 saturated heterocycles. The molecule has 1 N–H and O–H groups in total. The van der Waals surface area contributed by atoms with Crippen LogP contribution in [0.15, 0.2) is 29.3 Å². The van der Waals surface area contributed by atoms with Gasteiger partial charge in [-0.1, -0.05) is 23.9 Å². The number of hydrogen-bond donors (Lipinski definition) is 1. The summed E-state index contributed by atoms with van der Waals surface area (Å²) in [6.45, 7) is -0.559. The van der Waals surface area contributed by atoms with Gasteiger partial charge in [0, 0.05) is 19.5 Å². The van der Waals surface area contributed by atoms with Crippen LogP contribution in [0.25, 0.3) is 0 Å². The molecule has 0 bridgehead atoms. The summed E-state index contributed by atoms with van der Waals surface area (Å²) in [5.41, 5.74) is 0.127. The van der Waals surface area contributed by atoms with Gasteiger partial charge in [-0.2, -0.15) is 13.8 Å². The first-order chi connectivity index (χ1) is 12.5. The van der Waals surface area contributed by atoms with Crippen molar-refractivity contribution in [3.05, 3.63) is 24.3 Å². The van der Waals surface area contributed by atoms with Gasteiger partial charge in [0.05, 0.1) is 18.9 Å². The molecular weight excluding hydrogens is 368 g/mol. The molecule has 2 heterocycles. The van der Waals surface area contributed by atoms with Crippen molar-refractivity contribution in [1.82, 2.24) is 4.90 Å². The number of nitrogens with one attached hydrogen (secondary N) is 1. The Balaban J connectivity index is 1.57. The molecule has 2 amide bonds. The minimum atomic E-state index is -3.00. The Morgan fingerprint density at radius 1 is 1.38 bits per heavy atom. The number of halogens is 2. The zero-order chi connectivity index (χ0) is 18.5. The van der Waals surface area contributed by atoms with Crippen LogP contribution in [0.1, 0.15) is 6.42 Å². The average molecular weight is 385 g/mol. The number of carbonyl (C=O) groups excluding carboxylic acids is 2. The molecule has 10 heteroatoms. The van der Waals surface area contributed by atoms with Crippen LogP contribution >= 0.6 is 11.8 Å². The van der Waals surface area contributed by atoms with Crippen LogP contribution in [0.3, 0.4) is 0 Å². The topological polar surface area (TPSA) is 80.2 Å². The predicted molar refractivity (Wildman–Crippen MR) is 92.5 cm³/mol. The lowest BCUT2D eigenvalue weighted by Crippen LogP contribution is -2.39. The van der Waals surface area contributed by atoms with Crippen molar-refractivity contribution in [2.45, 2.75) is 18.3 Å². The predicted octanol–water partition coefficient (Wildman–Crippen LogP) is 1.95. The number of benzene rings is 1. The number of amides is 2. The maximum absolute atomic E-state index is 12.4. The van der Waals surface area contributed by atoms with E-state index in [0.717, 1.165) is 0 Å². The smallest absolute Gasteiger partial charge is 0.387 e. The Labute approximate surface area is 152 Å². The van der Waals surface area contributed by atoms with Crippen LogP contribution < -0.4 is 10.1 Å². The molecule has 1 fully saturated rings. The fourth-order valence-corrected chi connectivity index (χ4v) is 3.65. The fourth-order valence-electron chi connectivity index (χ4n) is 2.54. The summed E-state index contributed by atoms with van der Waals surface area (Å²) in [6, 6.07) is 5.89. The van der Waals surface area contributed by atoms with Gasteiger partial charge in [-0.3, -0.25) is 9.59 Å². The van der Waals surface area contributed by atoms with E-state index < -0.39 is 17.8 Å². The van der Waals surface area contributed by atoms with Crippen molar-refractivity contribution in [3.63, 3.8) is 0 Å². The Kier molecular flexibility index (Phi) is 6.04. The van der Waals surface area contributed by atoms with Crippen molar-refractivity contribution in [2.75, 3.05) is 31.6 Å². The number of thioether (sulfide) groups is 1. The highest BCUT2D eigenvalue weighted by Crippen LogP contribution is 2.29. The zero-order valence-electron chi connectivity index (χ0n) is 13.7. The second-order valence-corrected chi connectivity index (χ2v) is 6.74. The highest BCUT2D eigenvalue weighted by molar-refractivity contribution is 8.15. The molecule has 0 radical (unpaired) electrons. The van der Waals surface area contributed by atoms with Crippen molar-refractivity contribution in [1.29, 1.82) is 0 Å². The number of aliphatic imine (C=N–C) groups is 1. The lowest BCUT2D eigenvalue weighted by molar-refractivity contribution is -0.121. The second-order valence-electron chi connectivity index (χ2n) is 5.57. The van der Waals surface area contributed by atoms with E-state index in [1.807, 2.05) is 4.90 Å². The number of carbonyl (C=O) groups is 2. The molecular formula is C16H17F2N3O4S. The molecule has 140 valence electrons. The van der Waals surface area contributed by atoms with E-state index in [1.165, 1.54) is 30.0 Å². The first-order valence-corrected chi connectivity index (χ1v) is 8.86. The van der Waals surface area contributed by atoms with Gasteiger partial charge in [-0.05, 0) is 12.1 Å². The van der Waals surface area contributed by atoms with Gasteiger partial charge in [0.1, 0.15) is 11.0 Å². The first kappa shape index (κ1) is 18.6. The lowest BCUT2D eigenvalue weighted by Gasteiger charge is -2.27. The summed E-state index contributed by atoms with van der Waals surface area (Å²) >= 11 is 1.24. The molecule has 1 aromatic carbocycles. The standard InChI is InChI=1S/C16H17F2N3O4S/c17-15(18)25-11-4-2-1-3-10(11)19-13(22)9-12-14(23)20-16(26-12)21-5-7-24-8-6-21/h1-4,12,15H,5-9H2,(H,19,22)/t12-/m1/s1. The van der Waals surface area contributed by atoms with Crippen molar-refractivity contribution < 1.29 is 27.8 Å². The zero-order valence-corrected chi connectivity index (χ0v) is 14.5. The molecule has 2 aliphatic rings. The van der Waals surface area contributed by atoms with Gasteiger partial charge in [-0.15, -0.1) is 0 Å². The molecule has 0 spiro atoms. The number of nitrogens with zero attached hydrogens (tertiary/aromatic N) is 2. The van der Waals surface area contributed by atoms with E-state index >= 15 is 0 Å². The molecule has 2 aliphatic heterocycles. The molecule has 26 heavy (non-hydrogen) atoms. The van der Waals surface area contributed by atoms with E-state index in [1.54, 1.807) is 6.07 Å². The van der Waals surface area contributed by atoms with E-state index in [4.69, 9.17) is 4.74 Å². The summed E-state index contributed by atoms with van der Waals surface area (Å²) in [5, 5.41) is 2.48. The number of alkyl halides is 2. The van der Waals surface area contributed by atoms with E-state index in [2.05, 4.69) is 15.0 Å². The molecule has 0 saturated carbocycles. The molecule has 0 unspecified atom stereocenters. The summed E-state index contributed by atoms with van der Waals surface area (Å²) in [6.07, 6.45) is -0.107. The van der Waals surface area contributed by atoms with Gasteiger partial charge >= 0.3 is 6.61 Å². The highest BCUT2D eigenvalue weighted by Gasteiger charge is 2.33. The van der Waals surface area contributed by atoms with Crippen molar-refractivity contribution in [2.24, 2.45) is 4.99 Å². The van der Waals surface area contributed by atoms with E-state index in [9.17, 15) is 18.4 Å². The van der Waals surface area contributed by atoms with Crippen LogP contribution in [-0.4, -0.2) is 60.0 Å². The lowest BCUT2D eigenvalue weighted by atomic mass is 10.2. The molecule has 0 aromatic heterocycles.